The van der Waals surface area contributed by atoms with Crippen LogP contribution in [0.1, 0.15) is 38.7 Å². The number of amides is 1. The Morgan fingerprint density at radius 1 is 1.50 bits per heavy atom. The van der Waals surface area contributed by atoms with Crippen molar-refractivity contribution in [3.05, 3.63) is 35.6 Å². The molecule has 1 fully saturated rings. The number of hydrogen-bond acceptors (Lipinski definition) is 2. The van der Waals surface area contributed by atoms with Crippen LogP contribution in [0.25, 0.3) is 0 Å². The van der Waals surface area contributed by atoms with Gasteiger partial charge in [0.2, 0.25) is 5.91 Å². The first-order valence-electron chi connectivity index (χ1n) is 7.28. The lowest BCUT2D eigenvalue weighted by Crippen LogP contribution is -2.46. The van der Waals surface area contributed by atoms with Gasteiger partial charge in [0.1, 0.15) is 5.82 Å². The molecule has 1 aromatic rings. The number of nitrogens with two attached hydrogens (primary N) is 1. The van der Waals surface area contributed by atoms with E-state index in [4.69, 9.17) is 5.73 Å². The molecule has 0 spiro atoms. The first-order chi connectivity index (χ1) is 9.48. The minimum Gasteiger partial charge on any atom is -0.354 e. The number of benzene rings is 1. The van der Waals surface area contributed by atoms with E-state index in [2.05, 4.69) is 5.32 Å². The first kappa shape index (κ1) is 15.0. The molecule has 0 saturated heterocycles. The van der Waals surface area contributed by atoms with E-state index in [0.717, 1.165) is 24.8 Å². The topological polar surface area (TPSA) is 55.1 Å². The monoisotopic (exact) mass is 278 g/mol. The number of hydrogen-bond donors (Lipinski definition) is 2. The predicted octanol–water partition coefficient (Wildman–Crippen LogP) is 2.35. The van der Waals surface area contributed by atoms with Gasteiger partial charge in [-0.1, -0.05) is 32.4 Å². The van der Waals surface area contributed by atoms with Gasteiger partial charge in [0.15, 0.2) is 0 Å². The van der Waals surface area contributed by atoms with Crippen LogP contribution in [0, 0.1) is 11.7 Å². The summed E-state index contributed by atoms with van der Waals surface area (Å²) in [5.74, 6) is -0.169. The predicted molar refractivity (Wildman–Crippen MR) is 77.8 cm³/mol. The van der Waals surface area contributed by atoms with Gasteiger partial charge in [0, 0.05) is 12.0 Å². The van der Waals surface area contributed by atoms with E-state index in [1.165, 1.54) is 6.07 Å². The average molecular weight is 278 g/mol. The van der Waals surface area contributed by atoms with Crippen molar-refractivity contribution in [1.82, 2.24) is 5.32 Å². The number of halogens is 1. The summed E-state index contributed by atoms with van der Waals surface area (Å²) in [5.41, 5.74) is 6.79. The standard InChI is InChI=1S/C16H23FN2O/c1-3-11(2)14(18)15(20)19-10-16(7-8-16)12-5-4-6-13(17)9-12/h4-6,9,11,14H,3,7-8,10,18H2,1-2H3,(H,19,20)/t11?,14-/m0/s1. The van der Waals surface area contributed by atoms with Crippen molar-refractivity contribution in [3.8, 4) is 0 Å². The Labute approximate surface area is 119 Å². The second-order valence-electron chi connectivity index (χ2n) is 5.92. The Morgan fingerprint density at radius 3 is 2.75 bits per heavy atom. The molecule has 4 heteroatoms. The molecule has 1 aliphatic rings. The molecular formula is C16H23FN2O. The van der Waals surface area contributed by atoms with Gasteiger partial charge < -0.3 is 11.1 Å². The van der Waals surface area contributed by atoms with E-state index in [1.54, 1.807) is 12.1 Å². The molecule has 1 aliphatic carbocycles. The fourth-order valence-electron chi connectivity index (χ4n) is 2.42. The van der Waals surface area contributed by atoms with E-state index in [0.29, 0.717) is 6.54 Å². The minimum absolute atomic E-state index is 0.0903. The highest BCUT2D eigenvalue weighted by atomic mass is 19.1. The molecule has 1 saturated carbocycles. The molecule has 0 radical (unpaired) electrons. The zero-order valence-electron chi connectivity index (χ0n) is 12.2. The van der Waals surface area contributed by atoms with Gasteiger partial charge in [0.05, 0.1) is 6.04 Å². The summed E-state index contributed by atoms with van der Waals surface area (Å²) in [7, 11) is 0. The molecule has 0 aromatic heterocycles. The third-order valence-corrected chi connectivity index (χ3v) is 4.45. The quantitative estimate of drug-likeness (QED) is 0.839. The molecule has 1 aromatic carbocycles. The van der Waals surface area contributed by atoms with Crippen molar-refractivity contribution in [2.75, 3.05) is 6.54 Å². The summed E-state index contributed by atoms with van der Waals surface area (Å²) in [5, 5.41) is 2.93. The van der Waals surface area contributed by atoms with Gasteiger partial charge in [-0.25, -0.2) is 4.39 Å². The zero-order chi connectivity index (χ0) is 14.8. The number of carbonyl (C=O) groups excluding carboxylic acids is 1. The highest BCUT2D eigenvalue weighted by molar-refractivity contribution is 5.81. The SMILES string of the molecule is CCC(C)[C@H](N)C(=O)NCC1(c2cccc(F)c2)CC1. The highest BCUT2D eigenvalue weighted by Gasteiger charge is 2.44. The van der Waals surface area contributed by atoms with E-state index >= 15 is 0 Å². The summed E-state index contributed by atoms with van der Waals surface area (Å²) in [4.78, 5) is 12.0. The van der Waals surface area contributed by atoms with Gasteiger partial charge in [-0.05, 0) is 36.5 Å². The Morgan fingerprint density at radius 2 is 2.20 bits per heavy atom. The maximum absolute atomic E-state index is 13.3. The van der Waals surface area contributed by atoms with E-state index in [1.807, 2.05) is 19.9 Å². The zero-order valence-corrected chi connectivity index (χ0v) is 12.2. The second kappa shape index (κ2) is 5.92. The Bertz CT molecular complexity index is 485. The minimum atomic E-state index is -0.469. The molecule has 3 N–H and O–H groups in total. The molecular weight excluding hydrogens is 255 g/mol. The average Bonchev–Trinajstić information content (AvgIpc) is 3.24. The van der Waals surface area contributed by atoms with Crippen molar-refractivity contribution >= 4 is 5.91 Å². The summed E-state index contributed by atoms with van der Waals surface area (Å²) in [6.45, 7) is 4.54. The van der Waals surface area contributed by atoms with Crippen LogP contribution in [0.5, 0.6) is 0 Å². The van der Waals surface area contributed by atoms with Crippen LogP contribution in [-0.2, 0) is 10.2 Å². The molecule has 0 bridgehead atoms. The first-order valence-corrected chi connectivity index (χ1v) is 7.28. The number of carbonyl (C=O) groups is 1. The smallest absolute Gasteiger partial charge is 0.237 e. The van der Waals surface area contributed by atoms with Crippen LogP contribution in [0.15, 0.2) is 24.3 Å². The summed E-state index contributed by atoms with van der Waals surface area (Å²) in [6, 6.07) is 6.18. The maximum Gasteiger partial charge on any atom is 0.237 e. The highest BCUT2D eigenvalue weighted by Crippen LogP contribution is 2.47. The fourth-order valence-corrected chi connectivity index (χ4v) is 2.42. The van der Waals surface area contributed by atoms with Crippen molar-refractivity contribution in [3.63, 3.8) is 0 Å². The van der Waals surface area contributed by atoms with E-state index in [9.17, 15) is 9.18 Å². The Hall–Kier alpha value is -1.42. The largest absolute Gasteiger partial charge is 0.354 e. The lowest BCUT2D eigenvalue weighted by Gasteiger charge is -2.21. The van der Waals surface area contributed by atoms with Gasteiger partial charge in [-0.15, -0.1) is 0 Å². The van der Waals surface area contributed by atoms with Crippen LogP contribution >= 0.6 is 0 Å². The number of rotatable bonds is 6. The van der Waals surface area contributed by atoms with Crippen LogP contribution < -0.4 is 11.1 Å². The van der Waals surface area contributed by atoms with E-state index < -0.39 is 6.04 Å². The maximum atomic E-state index is 13.3. The van der Waals surface area contributed by atoms with Crippen molar-refractivity contribution in [2.24, 2.45) is 11.7 Å². The van der Waals surface area contributed by atoms with Gasteiger partial charge in [0.25, 0.3) is 0 Å². The van der Waals surface area contributed by atoms with Crippen LogP contribution in [0.4, 0.5) is 4.39 Å². The van der Waals surface area contributed by atoms with E-state index in [-0.39, 0.29) is 23.1 Å². The van der Waals surface area contributed by atoms with Crippen LogP contribution in [0.2, 0.25) is 0 Å². The fraction of sp³-hybridized carbons (Fsp3) is 0.562. The molecule has 20 heavy (non-hydrogen) atoms. The molecule has 1 amide bonds. The lowest BCUT2D eigenvalue weighted by atomic mass is 9.95. The lowest BCUT2D eigenvalue weighted by molar-refractivity contribution is -0.123. The Kier molecular flexibility index (Phi) is 4.43. The van der Waals surface area contributed by atoms with Gasteiger partial charge in [-0.3, -0.25) is 4.79 Å². The molecule has 110 valence electrons. The summed E-state index contributed by atoms with van der Waals surface area (Å²) >= 11 is 0. The molecule has 1 unspecified atom stereocenters. The third kappa shape index (κ3) is 3.18. The van der Waals surface area contributed by atoms with Crippen molar-refractivity contribution in [2.45, 2.75) is 44.6 Å². The Balaban J connectivity index is 1.95. The number of nitrogens with one attached hydrogen (secondary N) is 1. The van der Waals surface area contributed by atoms with Gasteiger partial charge in [-0.2, -0.15) is 0 Å². The van der Waals surface area contributed by atoms with Crippen LogP contribution in [0.3, 0.4) is 0 Å². The molecule has 0 heterocycles. The van der Waals surface area contributed by atoms with Crippen molar-refractivity contribution < 1.29 is 9.18 Å². The summed E-state index contributed by atoms with van der Waals surface area (Å²) in [6.07, 6.45) is 2.84. The van der Waals surface area contributed by atoms with Gasteiger partial charge >= 0.3 is 0 Å². The second-order valence-corrected chi connectivity index (χ2v) is 5.92. The molecule has 2 rings (SSSR count). The molecule has 2 atom stereocenters. The molecule has 3 nitrogen and oxygen atoms in total. The normalized spacial score (nSPS) is 19.2. The van der Waals surface area contributed by atoms with Crippen LogP contribution in [-0.4, -0.2) is 18.5 Å². The summed E-state index contributed by atoms with van der Waals surface area (Å²) < 4.78 is 13.3. The third-order valence-electron chi connectivity index (χ3n) is 4.45. The van der Waals surface area contributed by atoms with Crippen molar-refractivity contribution in [1.29, 1.82) is 0 Å². The molecule has 0 aliphatic heterocycles.